The SMILES string of the molecule is CCCCC(c1ccc(F)cc1)n1cc(C#N)c(=O)c2cc(F)c(F)cc21. The summed E-state index contributed by atoms with van der Waals surface area (Å²) in [6, 6.07) is 9.14. The molecule has 0 bridgehead atoms. The molecule has 0 saturated heterocycles. The molecule has 138 valence electrons. The van der Waals surface area contributed by atoms with Crippen LogP contribution in [-0.4, -0.2) is 4.57 Å². The average molecular weight is 370 g/mol. The van der Waals surface area contributed by atoms with Gasteiger partial charge in [-0.15, -0.1) is 0 Å². The van der Waals surface area contributed by atoms with Gasteiger partial charge >= 0.3 is 0 Å². The summed E-state index contributed by atoms with van der Waals surface area (Å²) >= 11 is 0. The molecule has 27 heavy (non-hydrogen) atoms. The summed E-state index contributed by atoms with van der Waals surface area (Å²) < 4.78 is 42.6. The van der Waals surface area contributed by atoms with E-state index in [2.05, 4.69) is 0 Å². The van der Waals surface area contributed by atoms with Gasteiger partial charge in [-0.1, -0.05) is 31.9 Å². The minimum Gasteiger partial charge on any atom is -0.338 e. The Hall–Kier alpha value is -3.07. The Morgan fingerprint density at radius 2 is 1.78 bits per heavy atom. The predicted octanol–water partition coefficient (Wildman–Crippen LogP) is 5.07. The first kappa shape index (κ1) is 18.7. The first-order chi connectivity index (χ1) is 13.0. The van der Waals surface area contributed by atoms with Gasteiger partial charge in [0, 0.05) is 12.3 Å². The van der Waals surface area contributed by atoms with Crippen molar-refractivity contribution in [2.24, 2.45) is 0 Å². The van der Waals surface area contributed by atoms with Crippen LogP contribution in [0.5, 0.6) is 0 Å². The van der Waals surface area contributed by atoms with Gasteiger partial charge in [0.2, 0.25) is 5.43 Å². The lowest BCUT2D eigenvalue weighted by Crippen LogP contribution is -2.18. The van der Waals surface area contributed by atoms with E-state index >= 15 is 0 Å². The molecule has 0 N–H and O–H groups in total. The van der Waals surface area contributed by atoms with Crippen LogP contribution in [0.15, 0.2) is 47.4 Å². The van der Waals surface area contributed by atoms with Crippen LogP contribution < -0.4 is 5.43 Å². The van der Waals surface area contributed by atoms with Gasteiger partial charge in [0.25, 0.3) is 0 Å². The highest BCUT2D eigenvalue weighted by Crippen LogP contribution is 2.29. The van der Waals surface area contributed by atoms with E-state index in [0.29, 0.717) is 6.42 Å². The minimum atomic E-state index is -1.15. The number of fused-ring (bicyclic) bond motifs is 1. The standard InChI is InChI=1S/C21H17F3N2O/c1-2-3-4-19(13-5-7-15(22)8-6-13)26-12-14(11-25)21(27)16-9-17(23)18(24)10-20(16)26/h5-10,12,19H,2-4H2,1H3. The molecule has 2 aromatic carbocycles. The summed E-state index contributed by atoms with van der Waals surface area (Å²) in [4.78, 5) is 12.4. The average Bonchev–Trinajstić information content (AvgIpc) is 2.66. The van der Waals surface area contributed by atoms with Crippen molar-refractivity contribution in [2.45, 2.75) is 32.2 Å². The normalized spacial score (nSPS) is 12.1. The number of hydrogen-bond acceptors (Lipinski definition) is 2. The molecule has 0 amide bonds. The quantitative estimate of drug-likeness (QED) is 0.629. The first-order valence-electron chi connectivity index (χ1n) is 8.65. The molecule has 0 saturated carbocycles. The van der Waals surface area contributed by atoms with Crippen LogP contribution in [0.25, 0.3) is 10.9 Å². The van der Waals surface area contributed by atoms with Gasteiger partial charge < -0.3 is 4.57 Å². The molecule has 3 nitrogen and oxygen atoms in total. The van der Waals surface area contributed by atoms with E-state index in [-0.39, 0.29) is 28.3 Å². The van der Waals surface area contributed by atoms with Gasteiger partial charge in [-0.3, -0.25) is 4.79 Å². The molecule has 3 aromatic rings. The zero-order valence-electron chi connectivity index (χ0n) is 14.7. The third kappa shape index (κ3) is 3.59. The number of nitriles is 1. The molecule has 0 aliphatic carbocycles. The highest BCUT2D eigenvalue weighted by molar-refractivity contribution is 5.80. The number of nitrogens with zero attached hydrogens (tertiary/aromatic N) is 2. The fourth-order valence-corrected chi connectivity index (χ4v) is 3.23. The van der Waals surface area contributed by atoms with Crippen LogP contribution >= 0.6 is 0 Å². The summed E-state index contributed by atoms with van der Waals surface area (Å²) in [5, 5.41) is 9.25. The van der Waals surface area contributed by atoms with E-state index in [1.165, 1.54) is 18.3 Å². The molecule has 1 heterocycles. The molecule has 0 aliphatic rings. The van der Waals surface area contributed by atoms with Crippen LogP contribution in [0, 0.1) is 28.8 Å². The summed E-state index contributed by atoms with van der Waals surface area (Å²) in [5.41, 5.74) is 0.153. The van der Waals surface area contributed by atoms with Crippen molar-refractivity contribution < 1.29 is 13.2 Å². The van der Waals surface area contributed by atoms with Crippen molar-refractivity contribution in [2.75, 3.05) is 0 Å². The monoisotopic (exact) mass is 370 g/mol. The van der Waals surface area contributed by atoms with E-state index in [1.807, 2.05) is 13.0 Å². The van der Waals surface area contributed by atoms with Crippen molar-refractivity contribution in [1.82, 2.24) is 4.57 Å². The van der Waals surface area contributed by atoms with Crippen molar-refractivity contribution in [3.63, 3.8) is 0 Å². The lowest BCUT2D eigenvalue weighted by atomic mass is 9.99. The molecule has 6 heteroatoms. The highest BCUT2D eigenvalue weighted by atomic mass is 19.2. The summed E-state index contributed by atoms with van der Waals surface area (Å²) in [7, 11) is 0. The number of pyridine rings is 1. The first-order valence-corrected chi connectivity index (χ1v) is 8.65. The molecule has 0 spiro atoms. The zero-order valence-corrected chi connectivity index (χ0v) is 14.7. The maximum Gasteiger partial charge on any atom is 0.207 e. The summed E-state index contributed by atoms with van der Waals surface area (Å²) in [6.45, 7) is 2.01. The molecule has 0 aliphatic heterocycles. The van der Waals surface area contributed by atoms with E-state index in [0.717, 1.165) is 30.5 Å². The van der Waals surface area contributed by atoms with E-state index in [4.69, 9.17) is 0 Å². The number of rotatable bonds is 5. The van der Waals surface area contributed by atoms with Gasteiger partial charge in [0.1, 0.15) is 17.4 Å². The van der Waals surface area contributed by atoms with Crippen molar-refractivity contribution in [3.05, 3.63) is 81.4 Å². The smallest absolute Gasteiger partial charge is 0.207 e. The molecule has 1 unspecified atom stereocenters. The van der Waals surface area contributed by atoms with E-state index in [1.54, 1.807) is 16.7 Å². The number of benzene rings is 2. The Balaban J connectivity index is 2.32. The topological polar surface area (TPSA) is 45.8 Å². The Morgan fingerprint density at radius 3 is 2.41 bits per heavy atom. The Kier molecular flexibility index (Phi) is 5.31. The second-order valence-corrected chi connectivity index (χ2v) is 6.38. The highest BCUT2D eigenvalue weighted by Gasteiger charge is 2.20. The maximum atomic E-state index is 13.9. The maximum absolute atomic E-state index is 13.9. The van der Waals surface area contributed by atoms with Gasteiger partial charge in [0.05, 0.1) is 16.9 Å². The van der Waals surface area contributed by atoms with Crippen LogP contribution in [0.4, 0.5) is 13.2 Å². The van der Waals surface area contributed by atoms with E-state index in [9.17, 15) is 23.2 Å². The Morgan fingerprint density at radius 1 is 1.11 bits per heavy atom. The molecule has 0 radical (unpaired) electrons. The third-order valence-corrected chi connectivity index (χ3v) is 4.62. The van der Waals surface area contributed by atoms with E-state index < -0.39 is 17.1 Å². The lowest BCUT2D eigenvalue weighted by Gasteiger charge is -2.24. The predicted molar refractivity (Wildman–Crippen MR) is 96.9 cm³/mol. The van der Waals surface area contributed by atoms with Gasteiger partial charge in [0.15, 0.2) is 11.6 Å². The lowest BCUT2D eigenvalue weighted by molar-refractivity contribution is 0.504. The molecular weight excluding hydrogens is 353 g/mol. The van der Waals surface area contributed by atoms with Crippen LogP contribution in [0.1, 0.15) is 43.4 Å². The van der Waals surface area contributed by atoms with Crippen molar-refractivity contribution in [1.29, 1.82) is 5.26 Å². The van der Waals surface area contributed by atoms with Crippen LogP contribution in [0.2, 0.25) is 0 Å². The molecular formula is C21H17F3N2O. The van der Waals surface area contributed by atoms with Crippen LogP contribution in [-0.2, 0) is 0 Å². The molecule has 3 rings (SSSR count). The zero-order chi connectivity index (χ0) is 19.6. The van der Waals surface area contributed by atoms with Gasteiger partial charge in [-0.2, -0.15) is 5.26 Å². The molecule has 1 atom stereocenters. The second-order valence-electron chi connectivity index (χ2n) is 6.38. The number of halogens is 3. The van der Waals surface area contributed by atoms with Gasteiger partial charge in [-0.25, -0.2) is 13.2 Å². The Bertz CT molecular complexity index is 1080. The van der Waals surface area contributed by atoms with Crippen molar-refractivity contribution >= 4 is 10.9 Å². The molecule has 1 aromatic heterocycles. The fourth-order valence-electron chi connectivity index (χ4n) is 3.23. The third-order valence-electron chi connectivity index (χ3n) is 4.62. The van der Waals surface area contributed by atoms with Gasteiger partial charge in [-0.05, 0) is 30.2 Å². The van der Waals surface area contributed by atoms with Crippen molar-refractivity contribution in [3.8, 4) is 6.07 Å². The number of aromatic nitrogens is 1. The fraction of sp³-hybridized carbons (Fsp3) is 0.238. The molecule has 0 fully saturated rings. The summed E-state index contributed by atoms with van der Waals surface area (Å²) in [5.74, 6) is -2.61. The Labute approximate surface area is 154 Å². The minimum absolute atomic E-state index is 0.0587. The summed E-state index contributed by atoms with van der Waals surface area (Å²) in [6.07, 6.45) is 3.71. The number of hydrogen-bond donors (Lipinski definition) is 0. The second kappa shape index (κ2) is 7.67. The van der Waals surface area contributed by atoms with Crippen LogP contribution in [0.3, 0.4) is 0 Å². The largest absolute Gasteiger partial charge is 0.338 e. The number of unbranched alkanes of at least 4 members (excludes halogenated alkanes) is 1.